The average molecular weight is 512 g/mol. The van der Waals surface area contributed by atoms with Crippen molar-refractivity contribution < 1.29 is 28.6 Å². The van der Waals surface area contributed by atoms with E-state index in [4.69, 9.17) is 9.47 Å². The molecule has 37 heavy (non-hydrogen) atoms. The maximum absolute atomic E-state index is 14.3. The Morgan fingerprint density at radius 2 is 1.97 bits per heavy atom. The molecule has 1 atom stereocenters. The molecule has 0 radical (unpaired) electrons. The SMILES string of the molecule is CC(C)(C)OC(=O)N(c1cccc(F)c1)c1cc(OC2CCCN(C(=O)O)C2)nn2c(C3CC3)cnc12. The monoisotopic (exact) mass is 511 g/mol. The number of likely N-dealkylation sites (tertiary alicyclic amines) is 1. The van der Waals surface area contributed by atoms with Gasteiger partial charge in [-0.15, -0.1) is 5.10 Å². The second kappa shape index (κ2) is 9.53. The van der Waals surface area contributed by atoms with Crippen molar-refractivity contribution in [1.82, 2.24) is 19.5 Å². The van der Waals surface area contributed by atoms with Gasteiger partial charge in [0.15, 0.2) is 5.65 Å². The van der Waals surface area contributed by atoms with Gasteiger partial charge >= 0.3 is 12.2 Å². The number of carbonyl (C=O) groups is 2. The molecule has 2 aliphatic rings. The number of amides is 2. The van der Waals surface area contributed by atoms with E-state index >= 15 is 0 Å². The molecule has 2 fully saturated rings. The third kappa shape index (κ3) is 5.45. The van der Waals surface area contributed by atoms with Crippen LogP contribution in [0.5, 0.6) is 5.88 Å². The zero-order valence-electron chi connectivity index (χ0n) is 21.1. The molecular formula is C26H30FN5O5. The molecule has 1 aromatic carbocycles. The number of anilines is 2. The molecule has 196 valence electrons. The highest BCUT2D eigenvalue weighted by Crippen LogP contribution is 2.42. The molecule has 1 saturated heterocycles. The summed E-state index contributed by atoms with van der Waals surface area (Å²) in [5, 5.41) is 14.1. The van der Waals surface area contributed by atoms with Gasteiger partial charge in [-0.25, -0.2) is 28.4 Å². The van der Waals surface area contributed by atoms with E-state index in [9.17, 15) is 19.1 Å². The molecule has 3 aromatic rings. The van der Waals surface area contributed by atoms with Gasteiger partial charge in [-0.1, -0.05) is 6.07 Å². The third-order valence-corrected chi connectivity index (χ3v) is 6.27. The van der Waals surface area contributed by atoms with Crippen LogP contribution in [-0.2, 0) is 4.74 Å². The van der Waals surface area contributed by atoms with Crippen molar-refractivity contribution in [3.8, 4) is 5.88 Å². The molecule has 3 heterocycles. The van der Waals surface area contributed by atoms with Gasteiger partial charge in [0.2, 0.25) is 5.88 Å². The molecule has 1 aliphatic carbocycles. The van der Waals surface area contributed by atoms with Crippen LogP contribution in [0, 0.1) is 5.82 Å². The van der Waals surface area contributed by atoms with Crippen LogP contribution in [0.4, 0.5) is 25.4 Å². The van der Waals surface area contributed by atoms with Crippen molar-refractivity contribution >= 4 is 29.2 Å². The zero-order valence-corrected chi connectivity index (χ0v) is 21.1. The van der Waals surface area contributed by atoms with Gasteiger partial charge in [-0.2, -0.15) is 0 Å². The minimum atomic E-state index is -0.995. The highest BCUT2D eigenvalue weighted by molar-refractivity contribution is 6.00. The number of carboxylic acid groups (broad SMARTS) is 1. The first-order valence-electron chi connectivity index (χ1n) is 12.4. The summed E-state index contributed by atoms with van der Waals surface area (Å²) < 4.78 is 27.8. The van der Waals surface area contributed by atoms with Crippen molar-refractivity contribution in [2.75, 3.05) is 18.0 Å². The lowest BCUT2D eigenvalue weighted by Crippen LogP contribution is -2.43. The zero-order chi connectivity index (χ0) is 26.3. The third-order valence-electron chi connectivity index (χ3n) is 6.27. The molecule has 11 heteroatoms. The van der Waals surface area contributed by atoms with Gasteiger partial charge in [0.05, 0.1) is 24.1 Å². The first-order valence-corrected chi connectivity index (χ1v) is 12.4. The van der Waals surface area contributed by atoms with E-state index < -0.39 is 29.7 Å². The largest absolute Gasteiger partial charge is 0.471 e. The van der Waals surface area contributed by atoms with Crippen LogP contribution >= 0.6 is 0 Å². The first kappa shape index (κ1) is 24.8. The van der Waals surface area contributed by atoms with E-state index in [1.165, 1.54) is 28.0 Å². The maximum atomic E-state index is 14.3. The number of fused-ring (bicyclic) bond motifs is 1. The van der Waals surface area contributed by atoms with E-state index in [0.29, 0.717) is 36.6 Å². The standard InChI is InChI=1S/C26H30FN5O5/c1-26(2,3)37-25(35)31(18-7-4-6-17(27)12-18)20-13-22(36-19-8-5-11-30(15-19)24(33)34)29-32-21(16-9-10-16)14-28-23(20)32/h4,6-7,12-14,16,19H,5,8-11,15H2,1-3H3,(H,33,34). The molecule has 10 nitrogen and oxygen atoms in total. The quantitative estimate of drug-likeness (QED) is 0.492. The Morgan fingerprint density at radius 1 is 1.19 bits per heavy atom. The van der Waals surface area contributed by atoms with E-state index in [2.05, 4.69) is 10.1 Å². The number of nitrogens with zero attached hydrogens (tertiary/aromatic N) is 5. The van der Waals surface area contributed by atoms with Gasteiger partial charge < -0.3 is 19.5 Å². The fraction of sp³-hybridized carbons (Fsp3) is 0.462. The van der Waals surface area contributed by atoms with Crippen molar-refractivity contribution in [3.63, 3.8) is 0 Å². The van der Waals surface area contributed by atoms with E-state index in [1.807, 2.05) is 0 Å². The summed E-state index contributed by atoms with van der Waals surface area (Å²) in [7, 11) is 0. The highest BCUT2D eigenvalue weighted by Gasteiger charge is 2.33. The number of imidazole rings is 1. The minimum absolute atomic E-state index is 0.212. The summed E-state index contributed by atoms with van der Waals surface area (Å²) >= 11 is 0. The Hall–Kier alpha value is -3.89. The number of hydrogen-bond acceptors (Lipinski definition) is 6. The van der Waals surface area contributed by atoms with Gasteiger partial charge in [0, 0.05) is 18.5 Å². The summed E-state index contributed by atoms with van der Waals surface area (Å²) in [6, 6.07) is 7.25. The molecule has 2 amide bonds. The van der Waals surface area contributed by atoms with Crippen molar-refractivity contribution in [1.29, 1.82) is 0 Å². The Morgan fingerprint density at radius 3 is 2.65 bits per heavy atom. The van der Waals surface area contributed by atoms with Crippen molar-refractivity contribution in [2.45, 2.75) is 64.1 Å². The van der Waals surface area contributed by atoms with Crippen molar-refractivity contribution in [3.05, 3.63) is 48.0 Å². The van der Waals surface area contributed by atoms with Crippen LogP contribution in [0.1, 0.15) is 58.1 Å². The maximum Gasteiger partial charge on any atom is 0.419 e. The molecule has 0 spiro atoms. The average Bonchev–Trinajstić information content (AvgIpc) is 3.57. The Kier molecular flexibility index (Phi) is 6.38. The minimum Gasteiger partial charge on any atom is -0.471 e. The lowest BCUT2D eigenvalue weighted by Gasteiger charge is -2.31. The lowest BCUT2D eigenvalue weighted by atomic mass is 10.1. The molecule has 1 saturated carbocycles. The first-order chi connectivity index (χ1) is 17.6. The Balaban J connectivity index is 1.61. The summed E-state index contributed by atoms with van der Waals surface area (Å²) in [6.45, 7) is 5.92. The fourth-order valence-corrected chi connectivity index (χ4v) is 4.47. The Labute approximate surface area is 213 Å². The van der Waals surface area contributed by atoms with E-state index in [1.54, 1.807) is 43.6 Å². The highest BCUT2D eigenvalue weighted by atomic mass is 19.1. The smallest absolute Gasteiger partial charge is 0.419 e. The van der Waals surface area contributed by atoms with Crippen LogP contribution in [-0.4, -0.2) is 61.6 Å². The van der Waals surface area contributed by atoms with E-state index in [-0.39, 0.29) is 18.1 Å². The molecular weight excluding hydrogens is 481 g/mol. The van der Waals surface area contributed by atoms with Gasteiger partial charge in [0.1, 0.15) is 23.2 Å². The fourth-order valence-electron chi connectivity index (χ4n) is 4.47. The van der Waals surface area contributed by atoms with Crippen LogP contribution in [0.3, 0.4) is 0 Å². The topological polar surface area (TPSA) is 110 Å². The van der Waals surface area contributed by atoms with Gasteiger partial charge in [0.25, 0.3) is 0 Å². The summed E-state index contributed by atoms with van der Waals surface area (Å²) in [4.78, 5) is 32.1. The van der Waals surface area contributed by atoms with Crippen LogP contribution in [0.2, 0.25) is 0 Å². The van der Waals surface area contributed by atoms with Gasteiger partial charge in [-0.3, -0.25) is 0 Å². The number of halogens is 1. The van der Waals surface area contributed by atoms with Crippen LogP contribution in [0.25, 0.3) is 5.65 Å². The number of piperidine rings is 1. The number of ether oxygens (including phenoxy) is 2. The second-order valence-corrected chi connectivity index (χ2v) is 10.5. The summed E-state index contributed by atoms with van der Waals surface area (Å²) in [5.41, 5.74) is 1.07. The van der Waals surface area contributed by atoms with Crippen LogP contribution < -0.4 is 9.64 Å². The second-order valence-electron chi connectivity index (χ2n) is 10.5. The number of hydrogen-bond donors (Lipinski definition) is 1. The predicted octanol–water partition coefficient (Wildman–Crippen LogP) is 5.34. The lowest BCUT2D eigenvalue weighted by molar-refractivity contribution is 0.0598. The number of carbonyl (C=O) groups excluding carboxylic acids is 1. The van der Waals surface area contributed by atoms with Gasteiger partial charge in [-0.05, 0) is 64.7 Å². The predicted molar refractivity (Wildman–Crippen MR) is 133 cm³/mol. The Bertz CT molecular complexity index is 1330. The molecule has 0 bridgehead atoms. The molecule has 5 rings (SSSR count). The van der Waals surface area contributed by atoms with Crippen molar-refractivity contribution in [2.24, 2.45) is 0 Å². The summed E-state index contributed by atoms with van der Waals surface area (Å²) in [5.74, 6) is 0.00196. The molecule has 1 unspecified atom stereocenters. The number of benzene rings is 1. The normalized spacial score (nSPS) is 18.1. The number of rotatable bonds is 5. The molecule has 1 N–H and O–H groups in total. The molecule has 2 aromatic heterocycles. The van der Waals surface area contributed by atoms with E-state index in [0.717, 1.165) is 18.5 Å². The summed E-state index contributed by atoms with van der Waals surface area (Å²) in [6.07, 6.45) is 2.97. The number of aromatic nitrogens is 3. The molecule has 1 aliphatic heterocycles. The van der Waals surface area contributed by atoms with Crippen LogP contribution in [0.15, 0.2) is 36.5 Å².